The van der Waals surface area contributed by atoms with E-state index in [1.807, 2.05) is 84.9 Å². The van der Waals surface area contributed by atoms with Gasteiger partial charge in [0.2, 0.25) is 0 Å². The number of nitrogens with zero attached hydrogens (tertiary/aromatic N) is 6. The summed E-state index contributed by atoms with van der Waals surface area (Å²) in [6.45, 7) is 0. The second-order valence-corrected chi connectivity index (χ2v) is 14.4. The maximum atomic E-state index is 9.89. The van der Waals surface area contributed by atoms with Gasteiger partial charge in [-0.15, -0.1) is 0 Å². The van der Waals surface area contributed by atoms with Crippen molar-refractivity contribution in [3.05, 3.63) is 200 Å². The molecular weight excluding hydrogens is 709 g/mol. The van der Waals surface area contributed by atoms with Crippen molar-refractivity contribution in [2.45, 2.75) is 0 Å². The SMILES string of the molecule is N#Cc1ccc2c(c1)c1ccccc1n2-c1ccc(-c2ccccc2-n2c3ccccc3c3ccccc32)cc1-c1nc(-c2ccccc2)nc(-c2ccccc2)n1. The van der Waals surface area contributed by atoms with Crippen molar-refractivity contribution in [1.82, 2.24) is 24.1 Å². The number of hydrogen-bond donors (Lipinski definition) is 0. The van der Waals surface area contributed by atoms with Crippen LogP contribution in [0.25, 0.3) is 100 Å². The molecular formula is C52H32N6. The Morgan fingerprint density at radius 1 is 0.345 bits per heavy atom. The molecule has 0 aliphatic heterocycles. The molecule has 0 atom stereocenters. The second kappa shape index (κ2) is 13.6. The van der Waals surface area contributed by atoms with Crippen LogP contribution < -0.4 is 0 Å². The lowest BCUT2D eigenvalue weighted by atomic mass is 9.99. The molecule has 0 N–H and O–H groups in total. The zero-order valence-electron chi connectivity index (χ0n) is 31.2. The van der Waals surface area contributed by atoms with Gasteiger partial charge in [-0.2, -0.15) is 5.26 Å². The number of benzene rings is 8. The lowest BCUT2D eigenvalue weighted by molar-refractivity contribution is 1.06. The van der Waals surface area contributed by atoms with Crippen LogP contribution in [0.15, 0.2) is 194 Å². The second-order valence-electron chi connectivity index (χ2n) is 14.4. The van der Waals surface area contributed by atoms with E-state index in [1.54, 1.807) is 0 Å². The molecule has 6 nitrogen and oxygen atoms in total. The Kier molecular flexibility index (Phi) is 7.76. The quantitative estimate of drug-likeness (QED) is 0.170. The number of fused-ring (bicyclic) bond motifs is 6. The van der Waals surface area contributed by atoms with Crippen LogP contribution in [-0.2, 0) is 0 Å². The highest BCUT2D eigenvalue weighted by Crippen LogP contribution is 2.41. The molecule has 58 heavy (non-hydrogen) atoms. The molecule has 6 heteroatoms. The van der Waals surface area contributed by atoms with Crippen LogP contribution in [0.2, 0.25) is 0 Å². The molecule has 0 aliphatic carbocycles. The number of rotatable bonds is 6. The van der Waals surface area contributed by atoms with Crippen LogP contribution >= 0.6 is 0 Å². The monoisotopic (exact) mass is 740 g/mol. The van der Waals surface area contributed by atoms with Crippen molar-refractivity contribution in [3.63, 3.8) is 0 Å². The third-order valence-corrected chi connectivity index (χ3v) is 11.0. The van der Waals surface area contributed by atoms with Crippen LogP contribution in [0.1, 0.15) is 5.56 Å². The molecule has 11 rings (SSSR count). The van der Waals surface area contributed by atoms with Gasteiger partial charge in [0.15, 0.2) is 17.5 Å². The van der Waals surface area contributed by atoms with Crippen molar-refractivity contribution in [2.75, 3.05) is 0 Å². The first-order valence-corrected chi connectivity index (χ1v) is 19.3. The lowest BCUT2D eigenvalue weighted by Crippen LogP contribution is -2.04. The van der Waals surface area contributed by atoms with Gasteiger partial charge >= 0.3 is 0 Å². The van der Waals surface area contributed by atoms with Crippen molar-refractivity contribution in [3.8, 4) is 62.7 Å². The van der Waals surface area contributed by atoms with E-state index in [4.69, 9.17) is 15.0 Å². The highest BCUT2D eigenvalue weighted by atomic mass is 15.1. The molecule has 0 saturated carbocycles. The maximum absolute atomic E-state index is 9.89. The van der Waals surface area contributed by atoms with E-state index < -0.39 is 0 Å². The standard InChI is InChI=1S/C52H32N6/c53-33-34-27-29-48-42(31-34)41-22-10-14-26-47(41)58(48)49-30-28-37(38-19-7-11-23-44(38)57-45-24-12-8-20-39(45)40-21-9-13-25-46(40)57)32-43(49)52-55-50(35-15-3-1-4-16-35)54-51(56-52)36-17-5-2-6-18-36/h1-32H. The highest BCUT2D eigenvalue weighted by molar-refractivity contribution is 6.11. The predicted molar refractivity (Wildman–Crippen MR) is 235 cm³/mol. The summed E-state index contributed by atoms with van der Waals surface area (Å²) in [7, 11) is 0. The largest absolute Gasteiger partial charge is 0.309 e. The topological polar surface area (TPSA) is 72.3 Å². The van der Waals surface area contributed by atoms with Crippen molar-refractivity contribution < 1.29 is 0 Å². The molecule has 0 saturated heterocycles. The number of para-hydroxylation sites is 4. The van der Waals surface area contributed by atoms with Gasteiger partial charge in [0.25, 0.3) is 0 Å². The van der Waals surface area contributed by atoms with E-state index in [-0.39, 0.29) is 0 Å². The van der Waals surface area contributed by atoms with Gasteiger partial charge in [0, 0.05) is 43.8 Å². The predicted octanol–water partition coefficient (Wildman–Crippen LogP) is 12.6. The summed E-state index contributed by atoms with van der Waals surface area (Å²) in [6, 6.07) is 69.2. The molecule has 3 heterocycles. The average molecular weight is 741 g/mol. The Bertz CT molecular complexity index is 3300. The molecule has 0 unspecified atom stereocenters. The van der Waals surface area contributed by atoms with Gasteiger partial charge in [-0.1, -0.05) is 140 Å². The fourth-order valence-corrected chi connectivity index (χ4v) is 8.40. The Morgan fingerprint density at radius 2 is 0.810 bits per heavy atom. The summed E-state index contributed by atoms with van der Waals surface area (Å²) in [5.41, 5.74) is 11.6. The maximum Gasteiger partial charge on any atom is 0.166 e. The minimum absolute atomic E-state index is 0.554. The third kappa shape index (κ3) is 5.37. The van der Waals surface area contributed by atoms with Gasteiger partial charge in [-0.05, 0) is 60.2 Å². The van der Waals surface area contributed by atoms with E-state index >= 15 is 0 Å². The zero-order valence-corrected chi connectivity index (χ0v) is 31.2. The zero-order chi connectivity index (χ0) is 38.6. The van der Waals surface area contributed by atoms with Crippen LogP contribution in [0.5, 0.6) is 0 Å². The first-order chi connectivity index (χ1) is 28.7. The first-order valence-electron chi connectivity index (χ1n) is 19.3. The van der Waals surface area contributed by atoms with Crippen LogP contribution in [0.3, 0.4) is 0 Å². The van der Waals surface area contributed by atoms with Crippen molar-refractivity contribution in [1.29, 1.82) is 5.26 Å². The van der Waals surface area contributed by atoms with Gasteiger partial charge in [0.1, 0.15) is 0 Å². The molecule has 0 aliphatic rings. The van der Waals surface area contributed by atoms with E-state index in [2.05, 4.69) is 124 Å². The number of hydrogen-bond acceptors (Lipinski definition) is 4. The minimum atomic E-state index is 0.554. The van der Waals surface area contributed by atoms with Crippen LogP contribution in [0, 0.1) is 11.3 Å². The smallest absolute Gasteiger partial charge is 0.166 e. The minimum Gasteiger partial charge on any atom is -0.309 e. The van der Waals surface area contributed by atoms with E-state index in [1.165, 1.54) is 10.8 Å². The Labute approximate surface area is 334 Å². The van der Waals surface area contributed by atoms with Crippen molar-refractivity contribution in [2.24, 2.45) is 0 Å². The Balaban J connectivity index is 1.22. The molecule has 0 amide bonds. The third-order valence-electron chi connectivity index (χ3n) is 11.0. The summed E-state index contributed by atoms with van der Waals surface area (Å²) < 4.78 is 4.65. The van der Waals surface area contributed by atoms with E-state index in [9.17, 15) is 5.26 Å². The Hall–Kier alpha value is -8.14. The molecule has 0 fully saturated rings. The van der Waals surface area contributed by atoms with Gasteiger partial charge < -0.3 is 9.13 Å². The summed E-state index contributed by atoms with van der Waals surface area (Å²) in [5, 5.41) is 14.4. The molecule has 0 bridgehead atoms. The highest BCUT2D eigenvalue weighted by Gasteiger charge is 2.22. The van der Waals surface area contributed by atoms with E-state index in [0.29, 0.717) is 23.0 Å². The normalized spacial score (nSPS) is 11.4. The van der Waals surface area contributed by atoms with Gasteiger partial charge in [-0.3, -0.25) is 0 Å². The fraction of sp³-hybridized carbons (Fsp3) is 0. The molecule has 270 valence electrons. The van der Waals surface area contributed by atoms with Gasteiger partial charge in [0.05, 0.1) is 45.1 Å². The lowest BCUT2D eigenvalue weighted by Gasteiger charge is -2.18. The molecule has 0 spiro atoms. The summed E-state index contributed by atoms with van der Waals surface area (Å²) in [6.07, 6.45) is 0. The summed E-state index contributed by atoms with van der Waals surface area (Å²) >= 11 is 0. The fourth-order valence-electron chi connectivity index (χ4n) is 8.40. The number of nitriles is 1. The Morgan fingerprint density at radius 3 is 1.40 bits per heavy atom. The van der Waals surface area contributed by atoms with Crippen LogP contribution in [-0.4, -0.2) is 24.1 Å². The molecule has 0 radical (unpaired) electrons. The summed E-state index contributed by atoms with van der Waals surface area (Å²) in [5.74, 6) is 1.73. The summed E-state index contributed by atoms with van der Waals surface area (Å²) in [4.78, 5) is 15.6. The number of aromatic nitrogens is 5. The van der Waals surface area contributed by atoms with E-state index in [0.717, 1.165) is 72.0 Å². The van der Waals surface area contributed by atoms with Crippen LogP contribution in [0.4, 0.5) is 0 Å². The first kappa shape index (κ1) is 33.2. The molecule has 3 aromatic heterocycles. The average Bonchev–Trinajstić information content (AvgIpc) is 3.81. The van der Waals surface area contributed by atoms with Crippen molar-refractivity contribution >= 4 is 43.6 Å². The molecule has 8 aromatic carbocycles. The van der Waals surface area contributed by atoms with Gasteiger partial charge in [-0.25, -0.2) is 15.0 Å². The molecule has 11 aromatic rings.